The van der Waals surface area contributed by atoms with Gasteiger partial charge in [0, 0.05) is 18.0 Å². The van der Waals surface area contributed by atoms with Crippen molar-refractivity contribution in [3.05, 3.63) is 34.1 Å². The molecule has 1 amide bonds. The largest absolute Gasteiger partial charge is 0.456 e. The number of nitrogens with one attached hydrogen (secondary N) is 1. The number of nitrogens with zero attached hydrogens (tertiary/aromatic N) is 4. The monoisotopic (exact) mass is 265 g/mol. The van der Waals surface area contributed by atoms with E-state index in [0.717, 1.165) is 19.6 Å². The second kappa shape index (κ2) is 8.18. The van der Waals surface area contributed by atoms with Crippen molar-refractivity contribution >= 4 is 5.91 Å². The first-order valence-corrected chi connectivity index (χ1v) is 6.31. The Labute approximate surface area is 112 Å². The van der Waals surface area contributed by atoms with Crippen LogP contribution in [0.5, 0.6) is 0 Å². The van der Waals surface area contributed by atoms with Crippen molar-refractivity contribution < 1.29 is 9.21 Å². The molecule has 0 aromatic carbocycles. The van der Waals surface area contributed by atoms with Crippen LogP contribution in [-0.2, 0) is 6.54 Å². The van der Waals surface area contributed by atoms with Crippen molar-refractivity contribution in [3.8, 4) is 0 Å². The molecular formula is C12H19N5O2. The summed E-state index contributed by atoms with van der Waals surface area (Å²) < 4.78 is 5.27. The second-order valence-electron chi connectivity index (χ2n) is 3.94. The average Bonchev–Trinajstić information content (AvgIpc) is 2.90. The number of hydrogen-bond acceptors (Lipinski definition) is 4. The minimum Gasteiger partial charge on any atom is -0.456 e. The Kier molecular flexibility index (Phi) is 6.49. The lowest BCUT2D eigenvalue weighted by molar-refractivity contribution is 0.0919. The SMILES string of the molecule is CCN(CC)CCNC(=O)c1ccc(CN=[N+]=[N-])o1. The van der Waals surface area contributed by atoms with E-state index in [2.05, 4.69) is 34.1 Å². The van der Waals surface area contributed by atoms with Gasteiger partial charge in [-0.15, -0.1) is 0 Å². The molecule has 0 unspecified atom stereocenters. The van der Waals surface area contributed by atoms with Gasteiger partial charge in [0.2, 0.25) is 0 Å². The molecule has 0 saturated carbocycles. The third-order valence-electron chi connectivity index (χ3n) is 2.78. The summed E-state index contributed by atoms with van der Waals surface area (Å²) in [6.07, 6.45) is 0. The summed E-state index contributed by atoms with van der Waals surface area (Å²) in [5.41, 5.74) is 8.19. The van der Waals surface area contributed by atoms with Crippen molar-refractivity contribution in [3.63, 3.8) is 0 Å². The van der Waals surface area contributed by atoms with Gasteiger partial charge in [-0.3, -0.25) is 4.79 Å². The summed E-state index contributed by atoms with van der Waals surface area (Å²) in [4.78, 5) is 16.6. The Morgan fingerprint density at radius 2 is 2.21 bits per heavy atom. The highest BCUT2D eigenvalue weighted by atomic mass is 16.4. The normalized spacial score (nSPS) is 10.3. The van der Waals surface area contributed by atoms with Crippen LogP contribution in [-0.4, -0.2) is 37.0 Å². The van der Waals surface area contributed by atoms with Crippen LogP contribution in [0.25, 0.3) is 10.4 Å². The molecule has 1 aromatic heterocycles. The first-order chi connectivity index (χ1) is 9.21. The van der Waals surface area contributed by atoms with E-state index in [4.69, 9.17) is 9.95 Å². The van der Waals surface area contributed by atoms with Crippen LogP contribution in [0.4, 0.5) is 0 Å². The molecule has 0 saturated heterocycles. The standard InChI is InChI=1S/C12H19N5O2/c1-3-17(4-2)8-7-14-12(18)11-6-5-10(19-11)9-15-16-13/h5-6H,3-4,7-9H2,1-2H3,(H,14,18). The van der Waals surface area contributed by atoms with E-state index in [9.17, 15) is 4.79 Å². The predicted octanol–water partition coefficient (Wildman–Crippen LogP) is 2.16. The number of furan rings is 1. The van der Waals surface area contributed by atoms with E-state index >= 15 is 0 Å². The molecule has 0 radical (unpaired) electrons. The zero-order chi connectivity index (χ0) is 14.1. The minimum atomic E-state index is -0.251. The van der Waals surface area contributed by atoms with Crippen LogP contribution >= 0.6 is 0 Å². The lowest BCUT2D eigenvalue weighted by atomic mass is 10.4. The van der Waals surface area contributed by atoms with E-state index < -0.39 is 0 Å². The van der Waals surface area contributed by atoms with Crippen molar-refractivity contribution in [2.45, 2.75) is 20.4 Å². The van der Waals surface area contributed by atoms with Crippen LogP contribution in [0.15, 0.2) is 21.7 Å². The molecule has 104 valence electrons. The number of carbonyl (C=O) groups is 1. The van der Waals surface area contributed by atoms with Crippen LogP contribution in [0.3, 0.4) is 0 Å². The highest BCUT2D eigenvalue weighted by Gasteiger charge is 2.10. The highest BCUT2D eigenvalue weighted by molar-refractivity contribution is 5.91. The van der Waals surface area contributed by atoms with Crippen LogP contribution < -0.4 is 5.32 Å². The van der Waals surface area contributed by atoms with Gasteiger partial charge in [-0.25, -0.2) is 0 Å². The van der Waals surface area contributed by atoms with Gasteiger partial charge in [-0.2, -0.15) is 0 Å². The van der Waals surface area contributed by atoms with Gasteiger partial charge in [0.25, 0.3) is 5.91 Å². The highest BCUT2D eigenvalue weighted by Crippen LogP contribution is 2.08. The maximum Gasteiger partial charge on any atom is 0.287 e. The minimum absolute atomic E-state index is 0.114. The van der Waals surface area contributed by atoms with Crippen molar-refractivity contribution in [2.24, 2.45) is 5.11 Å². The molecule has 0 spiro atoms. The summed E-state index contributed by atoms with van der Waals surface area (Å²) in [6.45, 7) is 7.59. The quantitative estimate of drug-likeness (QED) is 0.443. The molecule has 1 aromatic rings. The molecule has 19 heavy (non-hydrogen) atoms. The smallest absolute Gasteiger partial charge is 0.287 e. The second-order valence-corrected chi connectivity index (χ2v) is 3.94. The summed E-state index contributed by atoms with van der Waals surface area (Å²) in [5, 5.41) is 6.16. The van der Waals surface area contributed by atoms with Gasteiger partial charge in [-0.05, 0) is 30.8 Å². The third-order valence-corrected chi connectivity index (χ3v) is 2.78. The Morgan fingerprint density at radius 3 is 2.84 bits per heavy atom. The molecule has 1 heterocycles. The molecule has 0 aliphatic carbocycles. The maximum atomic E-state index is 11.8. The fourth-order valence-electron chi connectivity index (χ4n) is 1.64. The first-order valence-electron chi connectivity index (χ1n) is 6.31. The van der Waals surface area contributed by atoms with E-state index in [1.54, 1.807) is 12.1 Å². The van der Waals surface area contributed by atoms with Gasteiger partial charge in [0.15, 0.2) is 5.76 Å². The predicted molar refractivity (Wildman–Crippen MR) is 71.7 cm³/mol. The van der Waals surface area contributed by atoms with E-state index in [0.29, 0.717) is 12.3 Å². The summed E-state index contributed by atoms with van der Waals surface area (Å²) in [5.74, 6) is 0.466. The molecule has 1 N–H and O–H groups in total. The van der Waals surface area contributed by atoms with Gasteiger partial charge >= 0.3 is 0 Å². The Morgan fingerprint density at radius 1 is 1.47 bits per heavy atom. The van der Waals surface area contributed by atoms with E-state index in [1.807, 2.05) is 0 Å². The average molecular weight is 265 g/mol. The molecule has 0 fully saturated rings. The third kappa shape index (κ3) is 5.03. The van der Waals surface area contributed by atoms with Crippen LogP contribution in [0.2, 0.25) is 0 Å². The molecule has 0 aliphatic rings. The van der Waals surface area contributed by atoms with Crippen molar-refractivity contribution in [2.75, 3.05) is 26.2 Å². The lowest BCUT2D eigenvalue weighted by Gasteiger charge is -2.17. The zero-order valence-corrected chi connectivity index (χ0v) is 11.3. The Bertz CT molecular complexity index is 447. The fraction of sp³-hybridized carbons (Fsp3) is 0.583. The number of rotatable bonds is 8. The number of carbonyl (C=O) groups excluding carboxylic acids is 1. The summed E-state index contributed by atoms with van der Waals surface area (Å²) in [6, 6.07) is 3.21. The number of likely N-dealkylation sites (N-methyl/N-ethyl adjacent to an activating group) is 1. The fourth-order valence-corrected chi connectivity index (χ4v) is 1.64. The lowest BCUT2D eigenvalue weighted by Crippen LogP contribution is -2.34. The van der Waals surface area contributed by atoms with Gasteiger partial charge in [0.1, 0.15) is 5.76 Å². The first kappa shape index (κ1) is 15.1. The van der Waals surface area contributed by atoms with Crippen LogP contribution in [0.1, 0.15) is 30.2 Å². The molecule has 0 bridgehead atoms. The summed E-state index contributed by atoms with van der Waals surface area (Å²) >= 11 is 0. The maximum absolute atomic E-state index is 11.8. The Balaban J connectivity index is 2.40. The molecule has 7 heteroatoms. The Hall–Kier alpha value is -1.98. The van der Waals surface area contributed by atoms with Crippen molar-refractivity contribution in [1.29, 1.82) is 0 Å². The van der Waals surface area contributed by atoms with E-state index in [-0.39, 0.29) is 18.2 Å². The van der Waals surface area contributed by atoms with Crippen LogP contribution in [0, 0.1) is 0 Å². The molecule has 7 nitrogen and oxygen atoms in total. The topological polar surface area (TPSA) is 94.2 Å². The zero-order valence-electron chi connectivity index (χ0n) is 11.3. The number of hydrogen-bond donors (Lipinski definition) is 1. The number of azide groups is 1. The van der Waals surface area contributed by atoms with Crippen molar-refractivity contribution in [1.82, 2.24) is 10.2 Å². The van der Waals surface area contributed by atoms with Gasteiger partial charge in [-0.1, -0.05) is 19.0 Å². The van der Waals surface area contributed by atoms with Gasteiger partial charge in [0.05, 0.1) is 6.54 Å². The number of amides is 1. The summed E-state index contributed by atoms with van der Waals surface area (Å²) in [7, 11) is 0. The molecular weight excluding hydrogens is 246 g/mol. The molecule has 0 atom stereocenters. The molecule has 0 aliphatic heterocycles. The van der Waals surface area contributed by atoms with Gasteiger partial charge < -0.3 is 14.6 Å². The van der Waals surface area contributed by atoms with E-state index in [1.165, 1.54) is 0 Å². The molecule has 1 rings (SSSR count).